The number of phenols is 3. The highest BCUT2D eigenvalue weighted by atomic mass is 16.5. The van der Waals surface area contributed by atoms with Crippen molar-refractivity contribution in [2.45, 2.75) is 58.3 Å². The summed E-state index contributed by atoms with van der Waals surface area (Å²) >= 11 is 0. The van der Waals surface area contributed by atoms with Crippen LogP contribution in [0.2, 0.25) is 0 Å². The van der Waals surface area contributed by atoms with Crippen LogP contribution in [0.4, 0.5) is 0 Å². The van der Waals surface area contributed by atoms with Gasteiger partial charge in [0.15, 0.2) is 17.3 Å². The predicted molar refractivity (Wildman–Crippen MR) is 173 cm³/mol. The van der Waals surface area contributed by atoms with Crippen LogP contribution in [0.5, 0.6) is 23.0 Å². The first-order chi connectivity index (χ1) is 20.9. The Labute approximate surface area is 255 Å². The smallest absolute Gasteiger partial charge is 0.161 e. The van der Waals surface area contributed by atoms with Crippen molar-refractivity contribution in [1.29, 1.82) is 0 Å². The molecule has 0 unspecified atom stereocenters. The minimum atomic E-state index is 0.0532. The van der Waals surface area contributed by atoms with Gasteiger partial charge in [-0.05, 0) is 108 Å². The molecule has 0 amide bonds. The first-order valence-corrected chi connectivity index (χ1v) is 15.2. The lowest BCUT2D eigenvalue weighted by Crippen LogP contribution is -2.04. The van der Waals surface area contributed by atoms with Crippen LogP contribution in [0.3, 0.4) is 0 Å². The average Bonchev–Trinajstić information content (AvgIpc) is 3.01. The minimum absolute atomic E-state index is 0.0532. The Balaban J connectivity index is 1.19. The van der Waals surface area contributed by atoms with Crippen LogP contribution in [0.25, 0.3) is 11.1 Å². The molecule has 4 aromatic carbocycles. The van der Waals surface area contributed by atoms with Gasteiger partial charge in [0.1, 0.15) is 11.5 Å². The molecule has 0 saturated carbocycles. The van der Waals surface area contributed by atoms with Crippen LogP contribution in [-0.2, 0) is 24.1 Å². The third-order valence-corrected chi connectivity index (χ3v) is 7.73. The first kappa shape index (κ1) is 31.4. The number of aromatic hydroxyl groups is 3. The number of rotatable bonds is 16. The fourth-order valence-corrected chi connectivity index (χ4v) is 5.14. The molecule has 224 valence electrons. The van der Waals surface area contributed by atoms with Crippen molar-refractivity contribution < 1.29 is 24.9 Å². The largest absolute Gasteiger partial charge is 0.508 e. The first-order valence-electron chi connectivity index (χ1n) is 15.2. The fraction of sp³-hybridized carbons (Fsp3) is 0.289. The van der Waals surface area contributed by atoms with Crippen molar-refractivity contribution in [3.63, 3.8) is 0 Å². The maximum Gasteiger partial charge on any atom is 0.161 e. The molecule has 1 atom stereocenters. The predicted octanol–water partition coefficient (Wildman–Crippen LogP) is 8.59. The number of unbranched alkanes of at least 4 members (excludes halogenated alkanes) is 1. The van der Waals surface area contributed by atoms with Crippen LogP contribution in [0.15, 0.2) is 103 Å². The van der Waals surface area contributed by atoms with E-state index < -0.39 is 0 Å². The summed E-state index contributed by atoms with van der Waals surface area (Å²) in [6.07, 6.45) is 10.7. The summed E-state index contributed by atoms with van der Waals surface area (Å²) in [6.45, 7) is 2.62. The monoisotopic (exact) mass is 578 g/mol. The molecule has 4 rings (SSSR count). The van der Waals surface area contributed by atoms with Gasteiger partial charge in [-0.15, -0.1) is 0 Å². The molecule has 3 N–H and O–H groups in total. The van der Waals surface area contributed by atoms with E-state index in [1.165, 1.54) is 12.0 Å². The minimum Gasteiger partial charge on any atom is -0.508 e. The molecule has 0 radical (unpaired) electrons. The zero-order chi connectivity index (χ0) is 30.4. The van der Waals surface area contributed by atoms with Gasteiger partial charge in [0.25, 0.3) is 0 Å². The molecule has 0 aromatic heterocycles. The molecule has 0 aliphatic carbocycles. The molecule has 5 nitrogen and oxygen atoms in total. The van der Waals surface area contributed by atoms with Crippen LogP contribution in [-0.4, -0.2) is 27.7 Å². The second kappa shape index (κ2) is 16.2. The van der Waals surface area contributed by atoms with Crippen LogP contribution in [0.1, 0.15) is 55.7 Å². The zero-order valence-electron chi connectivity index (χ0n) is 24.9. The van der Waals surface area contributed by atoms with E-state index >= 15 is 0 Å². The Morgan fingerprint density at radius 3 is 2.35 bits per heavy atom. The third kappa shape index (κ3) is 10.4. The molecule has 0 aliphatic rings. The number of carbonyl (C=O) groups excluding carboxylic acids is 1. The second-order valence-corrected chi connectivity index (χ2v) is 11.2. The maximum absolute atomic E-state index is 12.4. The van der Waals surface area contributed by atoms with Gasteiger partial charge >= 0.3 is 0 Å². The highest BCUT2D eigenvalue weighted by Crippen LogP contribution is 2.31. The molecule has 5 heteroatoms. The van der Waals surface area contributed by atoms with Crippen LogP contribution >= 0.6 is 0 Å². The highest BCUT2D eigenvalue weighted by Gasteiger charge is 2.10. The molecule has 0 heterocycles. The van der Waals surface area contributed by atoms with Gasteiger partial charge in [0.2, 0.25) is 0 Å². The number of benzene rings is 4. The van der Waals surface area contributed by atoms with Gasteiger partial charge in [-0.2, -0.15) is 0 Å². The van der Waals surface area contributed by atoms with E-state index in [1.807, 2.05) is 18.2 Å². The summed E-state index contributed by atoms with van der Waals surface area (Å²) in [5.41, 5.74) is 5.02. The Morgan fingerprint density at radius 2 is 1.56 bits per heavy atom. The lowest BCUT2D eigenvalue weighted by Gasteiger charge is -2.13. The van der Waals surface area contributed by atoms with Crippen LogP contribution in [0, 0.1) is 5.92 Å². The number of allylic oxidation sites excluding steroid dienone is 2. The Hall–Kier alpha value is -4.51. The van der Waals surface area contributed by atoms with E-state index in [0.717, 1.165) is 47.9 Å². The van der Waals surface area contributed by atoms with Gasteiger partial charge in [-0.1, -0.05) is 74.0 Å². The Kier molecular flexibility index (Phi) is 11.8. The molecule has 43 heavy (non-hydrogen) atoms. The zero-order valence-corrected chi connectivity index (χ0v) is 24.9. The van der Waals surface area contributed by atoms with Gasteiger partial charge in [0, 0.05) is 12.8 Å². The number of ketones is 1. The van der Waals surface area contributed by atoms with Gasteiger partial charge in [0.05, 0.1) is 6.61 Å². The standard InChI is InChI=1S/C38H42O5/c1-28(12-13-29-9-5-3-6-10-29)8-4-2-7-11-33(39)19-14-30-15-23-37(42)38(26-30)43-25-24-32-18-22-35(41)27-36(32)31-16-20-34(40)21-17-31/h3,5-7,9-11,15-18,20-23,26-28,40-42H,2,4,8,12-14,19,24-25H2,1H3/b11-7+/t28-/m1/s1. The summed E-state index contributed by atoms with van der Waals surface area (Å²) in [4.78, 5) is 12.4. The van der Waals surface area contributed by atoms with Gasteiger partial charge < -0.3 is 20.1 Å². The molecule has 0 fully saturated rings. The third-order valence-electron chi connectivity index (χ3n) is 7.73. The molecular weight excluding hydrogens is 536 g/mol. The highest BCUT2D eigenvalue weighted by molar-refractivity contribution is 5.89. The van der Waals surface area contributed by atoms with Crippen molar-refractivity contribution in [2.24, 2.45) is 5.92 Å². The Bertz CT molecular complexity index is 1470. The molecule has 0 bridgehead atoms. The number of carbonyl (C=O) groups is 1. The van der Waals surface area contributed by atoms with E-state index in [1.54, 1.807) is 54.6 Å². The summed E-state index contributed by atoms with van der Waals surface area (Å²) < 4.78 is 5.93. The number of hydrogen-bond acceptors (Lipinski definition) is 5. The van der Waals surface area contributed by atoms with Crippen molar-refractivity contribution >= 4 is 5.78 Å². The van der Waals surface area contributed by atoms with Crippen molar-refractivity contribution in [3.8, 4) is 34.1 Å². The normalized spacial score (nSPS) is 11.9. The topological polar surface area (TPSA) is 87.0 Å². The number of aryl methyl sites for hydroxylation is 2. The van der Waals surface area contributed by atoms with E-state index in [0.29, 0.717) is 37.5 Å². The van der Waals surface area contributed by atoms with Gasteiger partial charge in [-0.3, -0.25) is 4.79 Å². The van der Waals surface area contributed by atoms with E-state index in [4.69, 9.17) is 4.74 Å². The Morgan fingerprint density at radius 1 is 0.791 bits per heavy atom. The molecular formula is C38H42O5. The molecule has 4 aromatic rings. The molecule has 0 spiro atoms. The number of ether oxygens (including phenoxy) is 1. The summed E-state index contributed by atoms with van der Waals surface area (Å²) in [7, 11) is 0. The average molecular weight is 579 g/mol. The quantitative estimate of drug-likeness (QED) is 0.0915. The molecule has 0 aliphatic heterocycles. The lowest BCUT2D eigenvalue weighted by molar-refractivity contribution is -0.114. The van der Waals surface area contributed by atoms with Crippen molar-refractivity contribution in [1.82, 2.24) is 0 Å². The number of hydrogen-bond donors (Lipinski definition) is 3. The maximum atomic E-state index is 12.4. The van der Waals surface area contributed by atoms with Crippen molar-refractivity contribution in [3.05, 3.63) is 120 Å². The number of phenolic OH excluding ortho intramolecular Hbond substituents is 3. The fourth-order valence-electron chi connectivity index (χ4n) is 5.14. The molecule has 0 saturated heterocycles. The van der Waals surface area contributed by atoms with E-state index in [9.17, 15) is 20.1 Å². The van der Waals surface area contributed by atoms with Gasteiger partial charge in [-0.25, -0.2) is 0 Å². The van der Waals surface area contributed by atoms with E-state index in [2.05, 4.69) is 37.3 Å². The summed E-state index contributed by atoms with van der Waals surface area (Å²) in [6, 6.07) is 27.8. The second-order valence-electron chi connectivity index (χ2n) is 11.2. The lowest BCUT2D eigenvalue weighted by atomic mass is 9.96. The van der Waals surface area contributed by atoms with E-state index in [-0.39, 0.29) is 23.0 Å². The SMILES string of the molecule is C[C@H](CCC/C=C/C(=O)CCc1ccc(O)c(OCCc2ccc(O)cc2-c2ccc(O)cc2)c1)CCc1ccccc1. The van der Waals surface area contributed by atoms with Crippen molar-refractivity contribution in [2.75, 3.05) is 6.61 Å². The van der Waals surface area contributed by atoms with Crippen LogP contribution < -0.4 is 4.74 Å². The summed E-state index contributed by atoms with van der Waals surface area (Å²) in [5, 5.41) is 30.0. The summed E-state index contributed by atoms with van der Waals surface area (Å²) in [5.74, 6) is 1.53.